The van der Waals surface area contributed by atoms with Gasteiger partial charge in [-0.25, -0.2) is 4.98 Å². The number of anilines is 1. The van der Waals surface area contributed by atoms with Gasteiger partial charge in [-0.3, -0.25) is 10.1 Å². The third-order valence-electron chi connectivity index (χ3n) is 3.64. The van der Waals surface area contributed by atoms with Crippen LogP contribution >= 0.6 is 11.3 Å². The molecule has 1 fully saturated rings. The SMILES string of the molecule is CCC(Nc1ncc([N+](=O)[O-])s1)C1CCCCC1. The predicted molar refractivity (Wildman–Crippen MR) is 73.0 cm³/mol. The van der Waals surface area contributed by atoms with E-state index in [1.807, 2.05) is 0 Å². The number of thiazole rings is 1. The summed E-state index contributed by atoms with van der Waals surface area (Å²) in [5.74, 6) is 0.687. The molecule has 0 amide bonds. The molecule has 1 aliphatic rings. The Morgan fingerprint density at radius 1 is 1.56 bits per heavy atom. The van der Waals surface area contributed by atoms with Crippen LogP contribution in [0.2, 0.25) is 0 Å². The average molecular weight is 269 g/mol. The van der Waals surface area contributed by atoms with E-state index in [-0.39, 0.29) is 9.92 Å². The quantitative estimate of drug-likeness (QED) is 0.651. The third kappa shape index (κ3) is 3.19. The lowest BCUT2D eigenvalue weighted by molar-refractivity contribution is -0.380. The van der Waals surface area contributed by atoms with Crippen molar-refractivity contribution >= 4 is 21.5 Å². The van der Waals surface area contributed by atoms with Crippen LogP contribution in [0.25, 0.3) is 0 Å². The van der Waals surface area contributed by atoms with E-state index in [0.717, 1.165) is 17.8 Å². The number of nitrogens with zero attached hydrogens (tertiary/aromatic N) is 2. The van der Waals surface area contributed by atoms with Gasteiger partial charge in [0.05, 0.1) is 4.92 Å². The fourth-order valence-electron chi connectivity index (χ4n) is 2.67. The van der Waals surface area contributed by atoms with Crippen LogP contribution in [-0.2, 0) is 0 Å². The van der Waals surface area contributed by atoms with E-state index in [0.29, 0.717) is 17.1 Å². The normalized spacial score (nSPS) is 18.5. The van der Waals surface area contributed by atoms with Gasteiger partial charge in [0.25, 0.3) is 0 Å². The summed E-state index contributed by atoms with van der Waals surface area (Å²) in [4.78, 5) is 14.3. The molecule has 100 valence electrons. The molecule has 1 aromatic heterocycles. The first-order valence-corrected chi connectivity index (χ1v) is 7.39. The second kappa shape index (κ2) is 6.13. The fourth-order valence-corrected chi connectivity index (χ4v) is 3.36. The molecule has 0 radical (unpaired) electrons. The minimum atomic E-state index is -0.385. The molecular formula is C12H19N3O2S. The summed E-state index contributed by atoms with van der Waals surface area (Å²) in [5.41, 5.74) is 0. The summed E-state index contributed by atoms with van der Waals surface area (Å²) in [7, 11) is 0. The van der Waals surface area contributed by atoms with Gasteiger partial charge in [-0.2, -0.15) is 0 Å². The highest BCUT2D eigenvalue weighted by molar-refractivity contribution is 7.18. The van der Waals surface area contributed by atoms with E-state index in [2.05, 4.69) is 17.2 Å². The Balaban J connectivity index is 1.97. The smallest absolute Gasteiger partial charge is 0.345 e. The summed E-state index contributed by atoms with van der Waals surface area (Å²) in [5, 5.41) is 14.8. The maximum absolute atomic E-state index is 10.6. The molecular weight excluding hydrogens is 250 g/mol. The lowest BCUT2D eigenvalue weighted by atomic mass is 9.83. The number of nitrogens with one attached hydrogen (secondary N) is 1. The van der Waals surface area contributed by atoms with Crippen molar-refractivity contribution in [3.05, 3.63) is 16.3 Å². The maximum atomic E-state index is 10.6. The number of hydrogen-bond acceptors (Lipinski definition) is 5. The van der Waals surface area contributed by atoms with Gasteiger partial charge in [0.1, 0.15) is 6.20 Å². The van der Waals surface area contributed by atoms with Crippen LogP contribution in [0.3, 0.4) is 0 Å². The topological polar surface area (TPSA) is 68.1 Å². The Morgan fingerprint density at radius 3 is 2.83 bits per heavy atom. The van der Waals surface area contributed by atoms with Gasteiger partial charge >= 0.3 is 5.00 Å². The first-order chi connectivity index (χ1) is 8.70. The molecule has 0 saturated heterocycles. The molecule has 6 heteroatoms. The zero-order valence-corrected chi connectivity index (χ0v) is 11.4. The van der Waals surface area contributed by atoms with Crippen molar-refractivity contribution in [3.8, 4) is 0 Å². The Labute approximate surface area is 111 Å². The minimum Gasteiger partial charge on any atom is -0.358 e. The molecule has 18 heavy (non-hydrogen) atoms. The molecule has 0 aromatic carbocycles. The van der Waals surface area contributed by atoms with Gasteiger partial charge in [0.2, 0.25) is 0 Å². The molecule has 1 heterocycles. The summed E-state index contributed by atoms with van der Waals surface area (Å²) in [6.07, 6.45) is 8.86. The Morgan fingerprint density at radius 2 is 2.28 bits per heavy atom. The van der Waals surface area contributed by atoms with E-state index >= 15 is 0 Å². The van der Waals surface area contributed by atoms with Crippen molar-refractivity contribution in [3.63, 3.8) is 0 Å². The van der Waals surface area contributed by atoms with Crippen LogP contribution < -0.4 is 5.32 Å². The number of nitro groups is 1. The van der Waals surface area contributed by atoms with Gasteiger partial charge in [0, 0.05) is 6.04 Å². The average Bonchev–Trinajstić information content (AvgIpc) is 2.86. The van der Waals surface area contributed by atoms with Crippen molar-refractivity contribution in [2.24, 2.45) is 5.92 Å². The molecule has 0 spiro atoms. The highest BCUT2D eigenvalue weighted by Crippen LogP contribution is 2.32. The first kappa shape index (κ1) is 13.3. The third-order valence-corrected chi connectivity index (χ3v) is 4.52. The zero-order valence-electron chi connectivity index (χ0n) is 10.6. The van der Waals surface area contributed by atoms with Gasteiger partial charge in [0.15, 0.2) is 5.13 Å². The van der Waals surface area contributed by atoms with Crippen molar-refractivity contribution in [2.75, 3.05) is 5.32 Å². The zero-order chi connectivity index (χ0) is 13.0. The monoisotopic (exact) mass is 269 g/mol. The minimum absolute atomic E-state index is 0.107. The molecule has 1 aliphatic carbocycles. The lowest BCUT2D eigenvalue weighted by Crippen LogP contribution is -2.29. The van der Waals surface area contributed by atoms with E-state index in [4.69, 9.17) is 0 Å². The highest BCUT2D eigenvalue weighted by Gasteiger charge is 2.23. The van der Waals surface area contributed by atoms with Crippen molar-refractivity contribution in [1.29, 1.82) is 0 Å². The number of aromatic nitrogens is 1. The van der Waals surface area contributed by atoms with Crippen LogP contribution in [0.15, 0.2) is 6.20 Å². The molecule has 0 bridgehead atoms. The molecule has 5 nitrogen and oxygen atoms in total. The number of rotatable bonds is 5. The second-order valence-electron chi connectivity index (χ2n) is 4.82. The van der Waals surface area contributed by atoms with Crippen molar-refractivity contribution in [1.82, 2.24) is 4.98 Å². The summed E-state index contributed by atoms with van der Waals surface area (Å²) in [6.45, 7) is 2.16. The largest absolute Gasteiger partial charge is 0.358 e. The lowest BCUT2D eigenvalue weighted by Gasteiger charge is -2.30. The van der Waals surface area contributed by atoms with E-state index in [1.165, 1.54) is 38.3 Å². The Bertz CT molecular complexity index is 402. The van der Waals surface area contributed by atoms with Crippen LogP contribution in [0.5, 0.6) is 0 Å². The highest BCUT2D eigenvalue weighted by atomic mass is 32.1. The molecule has 0 aliphatic heterocycles. The molecule has 1 aromatic rings. The molecule has 1 unspecified atom stereocenters. The van der Waals surface area contributed by atoms with Crippen molar-refractivity contribution < 1.29 is 4.92 Å². The van der Waals surface area contributed by atoms with E-state index in [1.54, 1.807) is 0 Å². The van der Waals surface area contributed by atoms with E-state index in [9.17, 15) is 10.1 Å². The van der Waals surface area contributed by atoms with Crippen LogP contribution in [0.1, 0.15) is 45.4 Å². The predicted octanol–water partition coefficient (Wildman–Crippen LogP) is 3.82. The Hall–Kier alpha value is -1.17. The van der Waals surface area contributed by atoms with E-state index < -0.39 is 0 Å². The van der Waals surface area contributed by atoms with Crippen LogP contribution in [0.4, 0.5) is 10.1 Å². The molecule has 1 N–H and O–H groups in total. The summed E-state index contributed by atoms with van der Waals surface area (Å²) < 4.78 is 0. The summed E-state index contributed by atoms with van der Waals surface area (Å²) in [6, 6.07) is 0.399. The van der Waals surface area contributed by atoms with Crippen LogP contribution in [0, 0.1) is 16.0 Å². The molecule has 1 saturated carbocycles. The van der Waals surface area contributed by atoms with Gasteiger partial charge in [-0.15, -0.1) is 0 Å². The maximum Gasteiger partial charge on any atom is 0.345 e. The summed E-state index contributed by atoms with van der Waals surface area (Å²) >= 11 is 1.13. The fraction of sp³-hybridized carbons (Fsp3) is 0.750. The van der Waals surface area contributed by atoms with Gasteiger partial charge in [-0.05, 0) is 36.5 Å². The standard InChI is InChI=1S/C12H19N3O2S/c1-2-10(9-6-4-3-5-7-9)14-12-13-8-11(18-12)15(16)17/h8-10H,2-7H2,1H3,(H,13,14). The van der Waals surface area contributed by atoms with Gasteiger partial charge < -0.3 is 5.32 Å². The first-order valence-electron chi connectivity index (χ1n) is 6.57. The molecule has 1 atom stereocenters. The second-order valence-corrected chi connectivity index (χ2v) is 5.83. The Kier molecular flexibility index (Phi) is 4.52. The van der Waals surface area contributed by atoms with Crippen molar-refractivity contribution in [2.45, 2.75) is 51.5 Å². The van der Waals surface area contributed by atoms with Crippen LogP contribution in [-0.4, -0.2) is 15.9 Å². The van der Waals surface area contributed by atoms with Gasteiger partial charge in [-0.1, -0.05) is 26.2 Å². The number of hydrogen-bond donors (Lipinski definition) is 1. The molecule has 2 rings (SSSR count).